The number of nitrogens with zero attached hydrogens (tertiary/aromatic N) is 2. The number of nitrogens with one attached hydrogen (secondary N) is 1. The molecule has 1 aromatic heterocycles. The van der Waals surface area contributed by atoms with Crippen LogP contribution >= 0.6 is 0 Å². The zero-order chi connectivity index (χ0) is 16.3. The van der Waals surface area contributed by atoms with Crippen LogP contribution < -0.4 is 5.32 Å². The monoisotopic (exact) mass is 309 g/mol. The Morgan fingerprint density at radius 1 is 1.27 bits per heavy atom. The van der Waals surface area contributed by atoms with Gasteiger partial charge in [-0.3, -0.25) is 4.79 Å². The van der Waals surface area contributed by atoms with Crippen LogP contribution in [-0.2, 0) is 6.42 Å². The Labute approximate surface area is 125 Å². The van der Waals surface area contributed by atoms with Crippen LogP contribution in [0.5, 0.6) is 0 Å². The van der Waals surface area contributed by atoms with E-state index in [0.29, 0.717) is 12.2 Å². The molecular formula is C15H14F3N3O. The summed E-state index contributed by atoms with van der Waals surface area (Å²) < 4.78 is 38.5. The lowest BCUT2D eigenvalue weighted by Gasteiger charge is -2.08. The van der Waals surface area contributed by atoms with Crippen molar-refractivity contribution in [2.75, 3.05) is 5.32 Å². The van der Waals surface area contributed by atoms with Gasteiger partial charge in [-0.1, -0.05) is 6.92 Å². The Morgan fingerprint density at radius 3 is 2.59 bits per heavy atom. The number of carbonyl (C=O) groups is 1. The molecule has 0 aliphatic heterocycles. The van der Waals surface area contributed by atoms with Crippen LogP contribution in [0.25, 0.3) is 0 Å². The second kappa shape index (κ2) is 6.55. The third kappa shape index (κ3) is 3.60. The van der Waals surface area contributed by atoms with Crippen LogP contribution in [0.1, 0.15) is 40.8 Å². The summed E-state index contributed by atoms with van der Waals surface area (Å²) in [5.74, 6) is -0.961. The lowest BCUT2D eigenvalue weighted by molar-refractivity contribution is 0.102. The van der Waals surface area contributed by atoms with Gasteiger partial charge >= 0.3 is 0 Å². The Hall–Kier alpha value is -2.44. The number of hydrogen-bond acceptors (Lipinski definition) is 3. The zero-order valence-corrected chi connectivity index (χ0v) is 12.0. The van der Waals surface area contributed by atoms with Crippen molar-refractivity contribution in [3.8, 4) is 0 Å². The minimum absolute atomic E-state index is 0.0591. The SMILES string of the molecule is CCc1cc(NC(=O)c2ccc(C(F)F)c(F)c2)nc(C)n1. The molecule has 1 amide bonds. The highest BCUT2D eigenvalue weighted by Gasteiger charge is 2.16. The number of aromatic nitrogens is 2. The number of benzene rings is 1. The first kappa shape index (κ1) is 15.9. The first-order valence-corrected chi connectivity index (χ1v) is 6.64. The topological polar surface area (TPSA) is 54.9 Å². The van der Waals surface area contributed by atoms with E-state index in [0.717, 1.165) is 23.9 Å². The van der Waals surface area contributed by atoms with Gasteiger partial charge in [-0.25, -0.2) is 23.1 Å². The molecule has 1 heterocycles. The highest BCUT2D eigenvalue weighted by molar-refractivity contribution is 6.03. The summed E-state index contributed by atoms with van der Waals surface area (Å²) >= 11 is 0. The van der Waals surface area contributed by atoms with Crippen molar-refractivity contribution >= 4 is 11.7 Å². The molecule has 0 spiro atoms. The Balaban J connectivity index is 2.22. The maximum atomic E-state index is 13.5. The normalized spacial score (nSPS) is 10.8. The van der Waals surface area contributed by atoms with E-state index in [1.807, 2.05) is 6.92 Å². The fourth-order valence-electron chi connectivity index (χ4n) is 1.91. The average Bonchev–Trinajstić information content (AvgIpc) is 2.45. The molecule has 0 atom stereocenters. The molecule has 116 valence electrons. The van der Waals surface area contributed by atoms with Crippen molar-refractivity contribution in [1.82, 2.24) is 9.97 Å². The molecule has 0 radical (unpaired) electrons. The lowest BCUT2D eigenvalue weighted by atomic mass is 10.1. The molecule has 0 bridgehead atoms. The van der Waals surface area contributed by atoms with E-state index >= 15 is 0 Å². The van der Waals surface area contributed by atoms with Gasteiger partial charge in [-0.15, -0.1) is 0 Å². The first-order chi connectivity index (χ1) is 10.4. The van der Waals surface area contributed by atoms with Gasteiger partial charge in [0.05, 0.1) is 5.56 Å². The van der Waals surface area contributed by atoms with Crippen LogP contribution in [0.4, 0.5) is 19.0 Å². The number of carbonyl (C=O) groups excluding carboxylic acids is 1. The third-order valence-corrected chi connectivity index (χ3v) is 2.99. The van der Waals surface area contributed by atoms with E-state index in [1.54, 1.807) is 13.0 Å². The molecule has 0 fully saturated rings. The van der Waals surface area contributed by atoms with Crippen molar-refractivity contribution in [3.05, 3.63) is 52.7 Å². The Kier molecular flexibility index (Phi) is 4.75. The average molecular weight is 309 g/mol. The number of amides is 1. The summed E-state index contributed by atoms with van der Waals surface area (Å²) in [6.45, 7) is 3.59. The molecule has 2 rings (SSSR count). The van der Waals surface area contributed by atoms with E-state index in [2.05, 4.69) is 15.3 Å². The molecular weight excluding hydrogens is 295 g/mol. The van der Waals surface area contributed by atoms with Gasteiger partial charge in [0.2, 0.25) is 0 Å². The molecule has 1 aromatic carbocycles. The van der Waals surface area contributed by atoms with Crippen LogP contribution in [0.2, 0.25) is 0 Å². The van der Waals surface area contributed by atoms with Gasteiger partial charge in [0.25, 0.3) is 12.3 Å². The van der Waals surface area contributed by atoms with Crippen LogP contribution in [0, 0.1) is 12.7 Å². The first-order valence-electron chi connectivity index (χ1n) is 6.64. The molecule has 0 saturated carbocycles. The molecule has 2 aromatic rings. The number of halogens is 3. The Morgan fingerprint density at radius 2 is 2.00 bits per heavy atom. The predicted molar refractivity (Wildman–Crippen MR) is 75.5 cm³/mol. The van der Waals surface area contributed by atoms with Crippen molar-refractivity contribution in [1.29, 1.82) is 0 Å². The number of rotatable bonds is 4. The summed E-state index contributed by atoms with van der Waals surface area (Å²) in [4.78, 5) is 20.3. The fraction of sp³-hybridized carbons (Fsp3) is 0.267. The van der Waals surface area contributed by atoms with Gasteiger partial charge in [-0.05, 0) is 31.5 Å². The maximum Gasteiger partial charge on any atom is 0.266 e. The van der Waals surface area contributed by atoms with E-state index in [9.17, 15) is 18.0 Å². The van der Waals surface area contributed by atoms with Crippen LogP contribution in [0.15, 0.2) is 24.3 Å². The number of anilines is 1. The van der Waals surface area contributed by atoms with Gasteiger partial charge in [0.15, 0.2) is 0 Å². The molecule has 0 saturated heterocycles. The smallest absolute Gasteiger partial charge is 0.266 e. The van der Waals surface area contributed by atoms with Crippen molar-refractivity contribution in [3.63, 3.8) is 0 Å². The number of hydrogen-bond donors (Lipinski definition) is 1. The largest absolute Gasteiger partial charge is 0.306 e. The molecule has 7 heteroatoms. The highest BCUT2D eigenvalue weighted by Crippen LogP contribution is 2.23. The van der Waals surface area contributed by atoms with Crippen molar-refractivity contribution < 1.29 is 18.0 Å². The molecule has 0 unspecified atom stereocenters. The fourth-order valence-corrected chi connectivity index (χ4v) is 1.91. The summed E-state index contributed by atoms with van der Waals surface area (Å²) in [6.07, 6.45) is -2.25. The summed E-state index contributed by atoms with van der Waals surface area (Å²) in [5.41, 5.74) is -0.0408. The molecule has 0 aliphatic rings. The standard InChI is InChI=1S/C15H14F3N3O/c1-3-10-7-13(20-8(2)19-10)21-15(22)9-4-5-11(14(17)18)12(16)6-9/h4-7,14H,3H2,1-2H3,(H,19,20,21,22). The van der Waals surface area contributed by atoms with Gasteiger partial charge in [-0.2, -0.15) is 0 Å². The number of alkyl halides is 2. The van der Waals surface area contributed by atoms with E-state index in [1.165, 1.54) is 0 Å². The molecule has 22 heavy (non-hydrogen) atoms. The van der Waals surface area contributed by atoms with Crippen LogP contribution in [0.3, 0.4) is 0 Å². The van der Waals surface area contributed by atoms with Crippen molar-refractivity contribution in [2.24, 2.45) is 0 Å². The predicted octanol–water partition coefficient (Wildman–Crippen LogP) is 3.68. The Bertz CT molecular complexity index is 704. The lowest BCUT2D eigenvalue weighted by Crippen LogP contribution is -2.14. The van der Waals surface area contributed by atoms with Crippen molar-refractivity contribution in [2.45, 2.75) is 26.7 Å². The number of aryl methyl sites for hydroxylation is 2. The zero-order valence-electron chi connectivity index (χ0n) is 12.0. The van der Waals surface area contributed by atoms with Crippen LogP contribution in [-0.4, -0.2) is 15.9 Å². The summed E-state index contributed by atoms with van der Waals surface area (Å²) in [5, 5.41) is 2.51. The highest BCUT2D eigenvalue weighted by atomic mass is 19.3. The second-order valence-electron chi connectivity index (χ2n) is 4.64. The van der Waals surface area contributed by atoms with E-state index in [-0.39, 0.29) is 11.4 Å². The minimum Gasteiger partial charge on any atom is -0.306 e. The third-order valence-electron chi connectivity index (χ3n) is 2.99. The van der Waals surface area contributed by atoms with E-state index in [4.69, 9.17) is 0 Å². The maximum absolute atomic E-state index is 13.5. The molecule has 0 aliphatic carbocycles. The van der Waals surface area contributed by atoms with E-state index < -0.39 is 23.7 Å². The van der Waals surface area contributed by atoms with Gasteiger partial charge in [0.1, 0.15) is 17.5 Å². The molecule has 4 nitrogen and oxygen atoms in total. The summed E-state index contributed by atoms with van der Waals surface area (Å²) in [7, 11) is 0. The van der Waals surface area contributed by atoms with Gasteiger partial charge < -0.3 is 5.32 Å². The molecule has 1 N–H and O–H groups in total. The summed E-state index contributed by atoms with van der Waals surface area (Å²) in [6, 6.07) is 4.44. The minimum atomic E-state index is -2.92. The quantitative estimate of drug-likeness (QED) is 0.937. The second-order valence-corrected chi connectivity index (χ2v) is 4.64. The van der Waals surface area contributed by atoms with Gasteiger partial charge in [0, 0.05) is 17.3 Å².